The van der Waals surface area contributed by atoms with E-state index in [9.17, 15) is 18.3 Å². The molecule has 1 aliphatic heterocycles. The maximum absolute atomic E-state index is 12.3. The molecule has 0 unspecified atom stereocenters. The molecule has 0 aliphatic carbocycles. The van der Waals surface area contributed by atoms with Crippen LogP contribution in [0.2, 0.25) is 0 Å². The quantitative estimate of drug-likeness (QED) is 0.711. The molecule has 5 nitrogen and oxygen atoms in total. The van der Waals surface area contributed by atoms with E-state index in [1.165, 1.54) is 12.1 Å². The van der Waals surface area contributed by atoms with Gasteiger partial charge in [-0.3, -0.25) is 0 Å². The number of likely N-dealkylation sites (N-methyl/N-ethyl adjacent to an activating group) is 1. The first kappa shape index (κ1) is 19.4. The number of ether oxygens (including phenoxy) is 1. The molecule has 2 aromatic carbocycles. The van der Waals surface area contributed by atoms with Crippen LogP contribution >= 0.6 is 0 Å². The lowest BCUT2D eigenvalue weighted by atomic mass is 10.1. The topological polar surface area (TPSA) is 40.9 Å². The number of anilines is 1. The Morgan fingerprint density at radius 2 is 1.69 bits per heavy atom. The molecule has 0 radical (unpaired) electrons. The van der Waals surface area contributed by atoms with Crippen molar-refractivity contribution in [1.29, 1.82) is 0 Å². The minimum Gasteiger partial charge on any atom is -0.494 e. The number of nitrogens with zero attached hydrogens (tertiary/aromatic N) is 3. The van der Waals surface area contributed by atoms with Crippen LogP contribution in [-0.2, 0) is 6.54 Å². The largest absolute Gasteiger partial charge is 0.573 e. The van der Waals surface area contributed by atoms with Crippen LogP contribution in [0, 0.1) is 0 Å². The van der Waals surface area contributed by atoms with Crippen molar-refractivity contribution in [3.05, 3.63) is 54.2 Å². The Morgan fingerprint density at radius 3 is 2.34 bits per heavy atom. The summed E-state index contributed by atoms with van der Waals surface area (Å²) in [7, 11) is 2.11. The second-order valence-corrected chi connectivity index (χ2v) is 7.33. The fourth-order valence-electron chi connectivity index (χ4n) is 3.62. The summed E-state index contributed by atoms with van der Waals surface area (Å²) in [6.07, 6.45) is -2.84. The van der Waals surface area contributed by atoms with Crippen LogP contribution in [0.1, 0.15) is 5.56 Å². The molecule has 154 valence electrons. The van der Waals surface area contributed by atoms with E-state index in [0.717, 1.165) is 48.2 Å². The lowest BCUT2D eigenvalue weighted by Gasteiger charge is -2.34. The van der Waals surface area contributed by atoms with Gasteiger partial charge in [-0.1, -0.05) is 12.1 Å². The summed E-state index contributed by atoms with van der Waals surface area (Å²) >= 11 is 0. The van der Waals surface area contributed by atoms with Crippen molar-refractivity contribution in [1.82, 2.24) is 9.47 Å². The zero-order valence-electron chi connectivity index (χ0n) is 16.0. The van der Waals surface area contributed by atoms with E-state index in [0.29, 0.717) is 6.54 Å². The van der Waals surface area contributed by atoms with Crippen molar-refractivity contribution in [3.8, 4) is 11.6 Å². The van der Waals surface area contributed by atoms with Gasteiger partial charge in [0.2, 0.25) is 0 Å². The molecule has 1 saturated heterocycles. The third-order valence-corrected chi connectivity index (χ3v) is 5.22. The molecule has 1 N–H and O–H groups in total. The zero-order valence-corrected chi connectivity index (χ0v) is 16.0. The number of halogens is 3. The molecule has 0 atom stereocenters. The summed E-state index contributed by atoms with van der Waals surface area (Å²) in [4.78, 5) is 4.62. The predicted octanol–water partition coefficient (Wildman–Crippen LogP) is 4.05. The molecule has 0 bridgehead atoms. The number of hydrogen-bond donors (Lipinski definition) is 1. The fourth-order valence-corrected chi connectivity index (χ4v) is 3.62. The highest BCUT2D eigenvalue weighted by molar-refractivity contribution is 5.90. The molecule has 1 aliphatic rings. The van der Waals surface area contributed by atoms with E-state index in [4.69, 9.17) is 0 Å². The number of fused-ring (bicyclic) bond motifs is 1. The molecule has 29 heavy (non-hydrogen) atoms. The first-order valence-corrected chi connectivity index (χ1v) is 9.38. The standard InChI is InChI=1S/C21H22F3N3O2/c1-25-8-10-26(11-9-25)17-4-7-19-16(12-17)14-27(20(19)28)13-15-2-5-18(6-3-15)29-21(22,23)24/h2-7,12,14,28H,8-11,13H2,1H3. The Bertz CT molecular complexity index is 991. The first-order chi connectivity index (χ1) is 13.8. The molecule has 0 amide bonds. The summed E-state index contributed by atoms with van der Waals surface area (Å²) in [5, 5.41) is 12.2. The van der Waals surface area contributed by atoms with Crippen molar-refractivity contribution in [2.24, 2.45) is 0 Å². The molecule has 1 aromatic heterocycles. The number of aromatic hydroxyl groups is 1. The fraction of sp³-hybridized carbons (Fsp3) is 0.333. The maximum Gasteiger partial charge on any atom is 0.573 e. The van der Waals surface area contributed by atoms with Gasteiger partial charge in [-0.05, 0) is 42.9 Å². The number of hydrogen-bond acceptors (Lipinski definition) is 4. The normalized spacial score (nSPS) is 15.8. The molecule has 8 heteroatoms. The maximum atomic E-state index is 12.3. The van der Waals surface area contributed by atoms with Crippen LogP contribution in [0.5, 0.6) is 11.6 Å². The van der Waals surface area contributed by atoms with Gasteiger partial charge in [0.15, 0.2) is 5.88 Å². The number of piperazine rings is 1. The Hall–Kier alpha value is -2.87. The third kappa shape index (κ3) is 4.42. The van der Waals surface area contributed by atoms with Crippen LogP contribution in [-0.4, -0.2) is 54.2 Å². The summed E-state index contributed by atoms with van der Waals surface area (Å²) in [6.45, 7) is 4.29. The molecule has 1 fully saturated rings. The van der Waals surface area contributed by atoms with Gasteiger partial charge in [0.05, 0.1) is 6.54 Å². The average Bonchev–Trinajstić information content (AvgIpc) is 2.98. The van der Waals surface area contributed by atoms with Gasteiger partial charge < -0.3 is 24.2 Å². The smallest absolute Gasteiger partial charge is 0.494 e. The first-order valence-electron chi connectivity index (χ1n) is 9.38. The van der Waals surface area contributed by atoms with Crippen molar-refractivity contribution >= 4 is 16.5 Å². The van der Waals surface area contributed by atoms with Gasteiger partial charge in [-0.2, -0.15) is 0 Å². The van der Waals surface area contributed by atoms with E-state index in [1.807, 2.05) is 18.3 Å². The third-order valence-electron chi connectivity index (χ3n) is 5.22. The van der Waals surface area contributed by atoms with Crippen molar-refractivity contribution in [2.75, 3.05) is 38.1 Å². The second kappa shape index (κ2) is 7.51. The summed E-state index contributed by atoms with van der Waals surface area (Å²) in [6, 6.07) is 11.7. The number of benzene rings is 2. The average molecular weight is 405 g/mol. The molecule has 0 saturated carbocycles. The van der Waals surface area contributed by atoms with Gasteiger partial charge in [0.1, 0.15) is 5.75 Å². The highest BCUT2D eigenvalue weighted by Crippen LogP contribution is 2.32. The van der Waals surface area contributed by atoms with Crippen LogP contribution in [0.3, 0.4) is 0 Å². The minimum absolute atomic E-state index is 0.139. The van der Waals surface area contributed by atoms with E-state index < -0.39 is 6.36 Å². The Labute approximate surface area is 166 Å². The van der Waals surface area contributed by atoms with Crippen molar-refractivity contribution in [3.63, 3.8) is 0 Å². The van der Waals surface area contributed by atoms with E-state index in [-0.39, 0.29) is 11.6 Å². The molecule has 3 aromatic rings. The van der Waals surface area contributed by atoms with Gasteiger partial charge >= 0.3 is 6.36 Å². The Morgan fingerprint density at radius 1 is 1.00 bits per heavy atom. The molecule has 0 spiro atoms. The molecule has 2 heterocycles. The van der Waals surface area contributed by atoms with Gasteiger partial charge in [0, 0.05) is 48.8 Å². The SMILES string of the molecule is CN1CCN(c2ccc3c(O)n(Cc4ccc(OC(F)(F)F)cc4)cc3c2)CC1. The molecular weight excluding hydrogens is 383 g/mol. The van der Waals surface area contributed by atoms with Crippen LogP contribution in [0.15, 0.2) is 48.7 Å². The lowest BCUT2D eigenvalue weighted by Crippen LogP contribution is -2.44. The highest BCUT2D eigenvalue weighted by atomic mass is 19.4. The number of alkyl halides is 3. The van der Waals surface area contributed by atoms with Crippen LogP contribution in [0.25, 0.3) is 10.8 Å². The Balaban J connectivity index is 1.53. The number of aromatic nitrogens is 1. The lowest BCUT2D eigenvalue weighted by molar-refractivity contribution is -0.274. The van der Waals surface area contributed by atoms with Crippen LogP contribution < -0.4 is 9.64 Å². The molecular formula is C21H22F3N3O2. The summed E-state index contributed by atoms with van der Waals surface area (Å²) in [5.74, 6) is -0.125. The minimum atomic E-state index is -4.71. The van der Waals surface area contributed by atoms with Crippen LogP contribution in [0.4, 0.5) is 18.9 Å². The van der Waals surface area contributed by atoms with Crippen molar-refractivity contribution < 1.29 is 23.0 Å². The summed E-state index contributed by atoms with van der Waals surface area (Å²) < 4.78 is 42.4. The van der Waals surface area contributed by atoms with E-state index >= 15 is 0 Å². The highest BCUT2D eigenvalue weighted by Gasteiger charge is 2.31. The second-order valence-electron chi connectivity index (χ2n) is 7.33. The van der Waals surface area contributed by atoms with Gasteiger partial charge in [-0.15, -0.1) is 13.2 Å². The van der Waals surface area contributed by atoms with Gasteiger partial charge in [-0.25, -0.2) is 0 Å². The number of rotatable bonds is 4. The zero-order chi connectivity index (χ0) is 20.6. The van der Waals surface area contributed by atoms with E-state index in [1.54, 1.807) is 16.7 Å². The van der Waals surface area contributed by atoms with Crippen molar-refractivity contribution in [2.45, 2.75) is 12.9 Å². The molecule has 4 rings (SSSR count). The monoisotopic (exact) mass is 405 g/mol. The summed E-state index contributed by atoms with van der Waals surface area (Å²) in [5.41, 5.74) is 1.88. The van der Waals surface area contributed by atoms with E-state index in [2.05, 4.69) is 27.7 Å². The van der Waals surface area contributed by atoms with Gasteiger partial charge in [0.25, 0.3) is 0 Å². The predicted molar refractivity (Wildman–Crippen MR) is 106 cm³/mol. The Kier molecular flexibility index (Phi) is 5.04.